The Morgan fingerprint density at radius 1 is 1.33 bits per heavy atom. The average molecular weight is 265 g/mol. The van der Waals surface area contributed by atoms with Gasteiger partial charge in [0.2, 0.25) is 0 Å². The van der Waals surface area contributed by atoms with Crippen molar-refractivity contribution < 1.29 is 5.11 Å². The zero-order valence-electron chi connectivity index (χ0n) is 10.5. The molecule has 0 radical (unpaired) electrons. The number of alkyl halides is 1. The number of rotatable bonds is 4. The highest BCUT2D eigenvalue weighted by Gasteiger charge is 2.10. The van der Waals surface area contributed by atoms with E-state index in [9.17, 15) is 5.11 Å². The van der Waals surface area contributed by atoms with Crippen LogP contribution >= 0.6 is 11.6 Å². The number of fused-ring (bicyclic) bond motifs is 1. The number of phenols is 1. The number of phenolic OH excluding ortho intramolecular Hbond substituents is 1. The summed E-state index contributed by atoms with van der Waals surface area (Å²) in [6.45, 7) is 4.82. The topological polar surface area (TPSA) is 45.2 Å². The molecule has 4 heteroatoms. The fourth-order valence-corrected chi connectivity index (χ4v) is 1.80. The summed E-state index contributed by atoms with van der Waals surface area (Å²) in [5.41, 5.74) is 0. The predicted octanol–water partition coefficient (Wildman–Crippen LogP) is 3.62. The Hall–Kier alpha value is -1.48. The van der Waals surface area contributed by atoms with Gasteiger partial charge in [0.05, 0.1) is 5.38 Å². The first-order valence-electron chi connectivity index (χ1n) is 6.03. The second-order valence-electron chi connectivity index (χ2n) is 4.71. The molecule has 0 amide bonds. The molecular formula is C14H17ClN2O. The Morgan fingerprint density at radius 3 is 2.83 bits per heavy atom. The van der Waals surface area contributed by atoms with Gasteiger partial charge in [0.15, 0.2) is 0 Å². The Bertz CT molecular complexity index is 542. The Labute approximate surface area is 112 Å². The first kappa shape index (κ1) is 13.0. The Kier molecular flexibility index (Phi) is 3.92. The third kappa shape index (κ3) is 2.85. The number of aromatic hydroxyl groups is 1. The second-order valence-corrected chi connectivity index (χ2v) is 5.27. The number of halogens is 1. The summed E-state index contributed by atoms with van der Waals surface area (Å²) >= 11 is 6.21. The van der Waals surface area contributed by atoms with E-state index in [1.807, 2.05) is 12.1 Å². The van der Waals surface area contributed by atoms with E-state index >= 15 is 0 Å². The van der Waals surface area contributed by atoms with Crippen molar-refractivity contribution >= 4 is 28.2 Å². The van der Waals surface area contributed by atoms with Crippen LogP contribution in [0.2, 0.25) is 0 Å². The molecule has 1 aromatic heterocycles. The van der Waals surface area contributed by atoms with Crippen molar-refractivity contribution in [1.82, 2.24) is 4.98 Å². The van der Waals surface area contributed by atoms with E-state index in [0.717, 1.165) is 16.6 Å². The largest absolute Gasteiger partial charge is 0.508 e. The highest BCUT2D eigenvalue weighted by atomic mass is 35.5. The summed E-state index contributed by atoms with van der Waals surface area (Å²) < 4.78 is 0. The number of hydrogen-bond acceptors (Lipinski definition) is 3. The van der Waals surface area contributed by atoms with Gasteiger partial charge in [-0.15, -0.1) is 11.6 Å². The van der Waals surface area contributed by atoms with Gasteiger partial charge in [0, 0.05) is 18.1 Å². The van der Waals surface area contributed by atoms with E-state index in [4.69, 9.17) is 11.6 Å². The molecule has 96 valence electrons. The minimum atomic E-state index is 0.0550. The van der Waals surface area contributed by atoms with Crippen LogP contribution in [0.25, 0.3) is 10.8 Å². The molecule has 1 aromatic carbocycles. The molecule has 0 aliphatic carbocycles. The molecular weight excluding hydrogens is 248 g/mol. The fourth-order valence-electron chi connectivity index (χ4n) is 1.73. The van der Waals surface area contributed by atoms with Gasteiger partial charge in [0.25, 0.3) is 0 Å². The van der Waals surface area contributed by atoms with Gasteiger partial charge in [-0.3, -0.25) is 0 Å². The van der Waals surface area contributed by atoms with Gasteiger partial charge in [0.1, 0.15) is 11.6 Å². The molecule has 1 unspecified atom stereocenters. The smallest absolute Gasteiger partial charge is 0.134 e. The maximum absolute atomic E-state index is 9.54. The maximum atomic E-state index is 9.54. The summed E-state index contributed by atoms with van der Waals surface area (Å²) in [6.07, 6.45) is 1.75. The van der Waals surface area contributed by atoms with E-state index in [-0.39, 0.29) is 11.1 Å². The fraction of sp³-hybridized carbons (Fsp3) is 0.357. The summed E-state index contributed by atoms with van der Waals surface area (Å²) in [5, 5.41) is 14.8. The van der Waals surface area contributed by atoms with Crippen LogP contribution in [-0.4, -0.2) is 22.0 Å². The molecule has 1 heterocycles. The van der Waals surface area contributed by atoms with Crippen molar-refractivity contribution in [3.8, 4) is 5.75 Å². The van der Waals surface area contributed by atoms with Crippen molar-refractivity contribution in [3.05, 3.63) is 30.5 Å². The maximum Gasteiger partial charge on any atom is 0.134 e. The lowest BCUT2D eigenvalue weighted by Crippen LogP contribution is -2.20. The zero-order chi connectivity index (χ0) is 13.1. The molecule has 2 N–H and O–H groups in total. The molecule has 0 bridgehead atoms. The molecule has 1 atom stereocenters. The van der Waals surface area contributed by atoms with Gasteiger partial charge in [-0.25, -0.2) is 4.98 Å². The standard InChI is InChI=1S/C14H17ClN2O/c1-9(2)13(15)8-17-14-12-7-11(18)4-3-10(12)5-6-16-14/h3-7,9,13,18H,8H2,1-2H3,(H,16,17). The van der Waals surface area contributed by atoms with Crippen molar-refractivity contribution in [3.63, 3.8) is 0 Å². The third-order valence-corrected chi connectivity index (χ3v) is 3.60. The highest BCUT2D eigenvalue weighted by molar-refractivity contribution is 6.21. The van der Waals surface area contributed by atoms with Crippen LogP contribution in [0.5, 0.6) is 5.75 Å². The van der Waals surface area contributed by atoms with Gasteiger partial charge in [-0.1, -0.05) is 19.9 Å². The summed E-state index contributed by atoms with van der Waals surface area (Å²) in [6, 6.07) is 7.17. The van der Waals surface area contributed by atoms with E-state index in [1.54, 1.807) is 18.3 Å². The molecule has 0 saturated heterocycles. The van der Waals surface area contributed by atoms with E-state index in [0.29, 0.717) is 12.5 Å². The van der Waals surface area contributed by atoms with Crippen molar-refractivity contribution in [1.29, 1.82) is 0 Å². The van der Waals surface area contributed by atoms with E-state index < -0.39 is 0 Å². The van der Waals surface area contributed by atoms with Crippen molar-refractivity contribution in [2.75, 3.05) is 11.9 Å². The average Bonchev–Trinajstić information content (AvgIpc) is 2.35. The monoisotopic (exact) mass is 264 g/mol. The summed E-state index contributed by atoms with van der Waals surface area (Å²) in [5.74, 6) is 1.40. The van der Waals surface area contributed by atoms with Crippen LogP contribution in [-0.2, 0) is 0 Å². The number of anilines is 1. The normalized spacial score (nSPS) is 12.9. The van der Waals surface area contributed by atoms with E-state index in [1.165, 1.54) is 0 Å². The molecule has 3 nitrogen and oxygen atoms in total. The Balaban J connectivity index is 2.25. The van der Waals surface area contributed by atoms with Crippen LogP contribution in [0, 0.1) is 5.92 Å². The first-order valence-corrected chi connectivity index (χ1v) is 6.47. The first-order chi connectivity index (χ1) is 8.58. The lowest BCUT2D eigenvalue weighted by Gasteiger charge is -2.15. The van der Waals surface area contributed by atoms with Crippen LogP contribution in [0.1, 0.15) is 13.8 Å². The molecule has 0 saturated carbocycles. The minimum absolute atomic E-state index is 0.0550. The molecule has 0 spiro atoms. The number of nitrogens with zero attached hydrogens (tertiary/aromatic N) is 1. The van der Waals surface area contributed by atoms with Crippen LogP contribution < -0.4 is 5.32 Å². The third-order valence-electron chi connectivity index (χ3n) is 2.94. The van der Waals surface area contributed by atoms with Crippen molar-refractivity contribution in [2.24, 2.45) is 5.92 Å². The van der Waals surface area contributed by atoms with Crippen LogP contribution in [0.15, 0.2) is 30.5 Å². The number of hydrogen-bond donors (Lipinski definition) is 2. The second kappa shape index (κ2) is 5.44. The lowest BCUT2D eigenvalue weighted by atomic mass is 10.1. The number of benzene rings is 1. The van der Waals surface area contributed by atoms with Gasteiger partial charge in [-0.2, -0.15) is 0 Å². The summed E-state index contributed by atoms with van der Waals surface area (Å²) in [4.78, 5) is 4.30. The molecule has 0 fully saturated rings. The quantitative estimate of drug-likeness (QED) is 0.829. The summed E-state index contributed by atoms with van der Waals surface area (Å²) in [7, 11) is 0. The van der Waals surface area contributed by atoms with Gasteiger partial charge < -0.3 is 10.4 Å². The van der Waals surface area contributed by atoms with Crippen LogP contribution in [0.3, 0.4) is 0 Å². The molecule has 2 rings (SSSR count). The minimum Gasteiger partial charge on any atom is -0.508 e. The molecule has 0 aliphatic rings. The Morgan fingerprint density at radius 2 is 2.11 bits per heavy atom. The predicted molar refractivity (Wildman–Crippen MR) is 76.4 cm³/mol. The number of aromatic nitrogens is 1. The number of nitrogens with one attached hydrogen (secondary N) is 1. The SMILES string of the molecule is CC(C)C(Cl)CNc1nccc2ccc(O)cc12. The molecule has 2 aromatic rings. The van der Waals surface area contributed by atoms with Crippen LogP contribution in [0.4, 0.5) is 5.82 Å². The van der Waals surface area contributed by atoms with Gasteiger partial charge >= 0.3 is 0 Å². The van der Waals surface area contributed by atoms with Crippen molar-refractivity contribution in [2.45, 2.75) is 19.2 Å². The van der Waals surface area contributed by atoms with E-state index in [2.05, 4.69) is 24.1 Å². The van der Waals surface area contributed by atoms with Gasteiger partial charge in [-0.05, 0) is 29.5 Å². The lowest BCUT2D eigenvalue weighted by molar-refractivity contribution is 0.476. The number of pyridine rings is 1. The molecule has 18 heavy (non-hydrogen) atoms. The highest BCUT2D eigenvalue weighted by Crippen LogP contribution is 2.25. The molecule has 0 aliphatic heterocycles. The zero-order valence-corrected chi connectivity index (χ0v) is 11.3.